The molecule has 0 bridgehead atoms. The molecule has 1 amide bonds. The maximum atomic E-state index is 12.6. The number of anilines is 2. The molecule has 5 nitrogen and oxygen atoms in total. The van der Waals surface area contributed by atoms with Crippen LogP contribution in [-0.4, -0.2) is 14.3 Å². The molecule has 0 radical (unpaired) electrons. The van der Waals surface area contributed by atoms with Crippen LogP contribution in [0.15, 0.2) is 65.6 Å². The number of rotatable bonds is 5. The summed E-state index contributed by atoms with van der Waals surface area (Å²) in [5.74, 6) is -0.243. The standard InChI is InChI=1S/C23H24N2O3S/c1-15-5-9-20(10-6-15)29(27,28)25-22-12-8-19(14-18(22)4)23(26)24-21-11-7-16(2)13-17(21)3/h5-14,25H,1-4H3,(H,24,26). The quantitative estimate of drug-likeness (QED) is 0.626. The van der Waals surface area contributed by atoms with Gasteiger partial charge in [0.2, 0.25) is 0 Å². The third-order valence-electron chi connectivity index (χ3n) is 4.69. The average Bonchev–Trinajstić information content (AvgIpc) is 2.66. The van der Waals surface area contributed by atoms with E-state index in [4.69, 9.17) is 0 Å². The summed E-state index contributed by atoms with van der Waals surface area (Å²) < 4.78 is 27.8. The van der Waals surface area contributed by atoms with Gasteiger partial charge in [0.25, 0.3) is 15.9 Å². The van der Waals surface area contributed by atoms with Gasteiger partial charge >= 0.3 is 0 Å². The van der Waals surface area contributed by atoms with Crippen molar-refractivity contribution in [3.05, 3.63) is 88.5 Å². The van der Waals surface area contributed by atoms with Crippen molar-refractivity contribution in [2.75, 3.05) is 10.0 Å². The molecular weight excluding hydrogens is 384 g/mol. The Morgan fingerprint density at radius 1 is 0.724 bits per heavy atom. The number of hydrogen-bond donors (Lipinski definition) is 2. The monoisotopic (exact) mass is 408 g/mol. The molecule has 2 N–H and O–H groups in total. The maximum absolute atomic E-state index is 12.6. The van der Waals surface area contributed by atoms with Gasteiger partial charge in [0, 0.05) is 11.3 Å². The Bertz CT molecular complexity index is 1170. The van der Waals surface area contributed by atoms with Crippen molar-refractivity contribution in [3.8, 4) is 0 Å². The molecule has 6 heteroatoms. The largest absolute Gasteiger partial charge is 0.322 e. The fourth-order valence-electron chi connectivity index (χ4n) is 2.99. The molecule has 3 aromatic carbocycles. The molecule has 0 aromatic heterocycles. The zero-order valence-electron chi connectivity index (χ0n) is 16.9. The van der Waals surface area contributed by atoms with Crippen LogP contribution < -0.4 is 10.0 Å². The van der Waals surface area contributed by atoms with E-state index in [1.165, 1.54) is 0 Å². The number of aryl methyl sites for hydroxylation is 4. The molecule has 0 saturated carbocycles. The molecule has 0 unspecified atom stereocenters. The highest BCUT2D eigenvalue weighted by Crippen LogP contribution is 2.23. The van der Waals surface area contributed by atoms with E-state index in [9.17, 15) is 13.2 Å². The minimum atomic E-state index is -3.69. The van der Waals surface area contributed by atoms with Crippen LogP contribution in [0.4, 0.5) is 11.4 Å². The maximum Gasteiger partial charge on any atom is 0.261 e. The summed E-state index contributed by atoms with van der Waals surface area (Å²) in [5.41, 5.74) is 5.41. The Balaban J connectivity index is 1.79. The number of nitrogens with one attached hydrogen (secondary N) is 2. The van der Waals surface area contributed by atoms with Crippen molar-refractivity contribution >= 4 is 27.3 Å². The predicted molar refractivity (Wildman–Crippen MR) is 117 cm³/mol. The first-order valence-electron chi connectivity index (χ1n) is 9.24. The molecule has 0 atom stereocenters. The molecule has 150 valence electrons. The van der Waals surface area contributed by atoms with Crippen LogP contribution in [0.3, 0.4) is 0 Å². The van der Waals surface area contributed by atoms with Crippen molar-refractivity contribution in [1.29, 1.82) is 0 Å². The lowest BCUT2D eigenvalue weighted by molar-refractivity contribution is 0.102. The summed E-state index contributed by atoms with van der Waals surface area (Å²) in [5, 5.41) is 2.90. The molecule has 0 fully saturated rings. The van der Waals surface area contributed by atoms with Crippen molar-refractivity contribution in [1.82, 2.24) is 0 Å². The normalized spacial score (nSPS) is 11.2. The lowest BCUT2D eigenvalue weighted by Crippen LogP contribution is -2.15. The van der Waals surface area contributed by atoms with Crippen LogP contribution in [0.2, 0.25) is 0 Å². The van der Waals surface area contributed by atoms with Gasteiger partial charge in [-0.1, -0.05) is 35.4 Å². The summed E-state index contributed by atoms with van der Waals surface area (Å²) in [7, 11) is -3.69. The van der Waals surface area contributed by atoms with E-state index in [0.717, 1.165) is 22.4 Å². The van der Waals surface area contributed by atoms with Gasteiger partial charge in [-0.25, -0.2) is 8.42 Å². The molecule has 3 aromatic rings. The van der Waals surface area contributed by atoms with E-state index < -0.39 is 10.0 Å². The first-order valence-corrected chi connectivity index (χ1v) is 10.7. The molecule has 0 aliphatic rings. The molecule has 0 heterocycles. The second-order valence-corrected chi connectivity index (χ2v) is 8.90. The number of carbonyl (C=O) groups excluding carboxylic acids is 1. The van der Waals surface area contributed by atoms with Crippen LogP contribution >= 0.6 is 0 Å². The summed E-state index contributed by atoms with van der Waals surface area (Å²) >= 11 is 0. The molecule has 0 saturated heterocycles. The van der Waals surface area contributed by atoms with E-state index in [2.05, 4.69) is 10.0 Å². The van der Waals surface area contributed by atoms with E-state index in [-0.39, 0.29) is 10.8 Å². The smallest absolute Gasteiger partial charge is 0.261 e. The SMILES string of the molecule is Cc1ccc(S(=O)(=O)Nc2ccc(C(=O)Nc3ccc(C)cc3C)cc2C)cc1. The van der Waals surface area contributed by atoms with Crippen molar-refractivity contribution in [3.63, 3.8) is 0 Å². The van der Waals surface area contributed by atoms with Crippen LogP contribution in [0.5, 0.6) is 0 Å². The number of carbonyl (C=O) groups is 1. The summed E-state index contributed by atoms with van der Waals surface area (Å²) in [6, 6.07) is 17.4. The van der Waals surface area contributed by atoms with Crippen LogP contribution in [-0.2, 0) is 10.0 Å². The van der Waals surface area contributed by atoms with Gasteiger partial charge in [-0.15, -0.1) is 0 Å². The minimum absolute atomic E-state index is 0.194. The highest BCUT2D eigenvalue weighted by Gasteiger charge is 2.16. The van der Waals surface area contributed by atoms with Crippen molar-refractivity contribution < 1.29 is 13.2 Å². The molecule has 29 heavy (non-hydrogen) atoms. The van der Waals surface area contributed by atoms with Gasteiger partial charge in [-0.3, -0.25) is 9.52 Å². The van der Waals surface area contributed by atoms with Gasteiger partial charge in [0.15, 0.2) is 0 Å². The van der Waals surface area contributed by atoms with Crippen LogP contribution in [0.25, 0.3) is 0 Å². The Morgan fingerprint density at radius 3 is 1.93 bits per heavy atom. The number of benzene rings is 3. The highest BCUT2D eigenvalue weighted by atomic mass is 32.2. The van der Waals surface area contributed by atoms with Gasteiger partial charge in [0.05, 0.1) is 10.6 Å². The fourth-order valence-corrected chi connectivity index (χ4v) is 4.12. The first-order chi connectivity index (χ1) is 13.7. The van der Waals surface area contributed by atoms with Gasteiger partial charge in [0.1, 0.15) is 0 Å². The molecule has 0 aliphatic heterocycles. The second kappa shape index (κ2) is 8.09. The topological polar surface area (TPSA) is 75.3 Å². The van der Waals surface area contributed by atoms with E-state index in [0.29, 0.717) is 16.8 Å². The Labute approximate surface area is 171 Å². The molecule has 3 rings (SSSR count). The zero-order valence-corrected chi connectivity index (χ0v) is 17.7. The molecule has 0 aliphatic carbocycles. The first kappa shape index (κ1) is 20.6. The third-order valence-corrected chi connectivity index (χ3v) is 6.08. The van der Waals surface area contributed by atoms with Crippen molar-refractivity contribution in [2.24, 2.45) is 0 Å². The Hall–Kier alpha value is -3.12. The van der Waals surface area contributed by atoms with E-state index in [1.807, 2.05) is 39.0 Å². The zero-order chi connectivity index (χ0) is 21.2. The average molecular weight is 409 g/mol. The van der Waals surface area contributed by atoms with Gasteiger partial charge < -0.3 is 5.32 Å². The van der Waals surface area contributed by atoms with Gasteiger partial charge in [-0.2, -0.15) is 0 Å². The second-order valence-electron chi connectivity index (χ2n) is 7.22. The summed E-state index contributed by atoms with van der Waals surface area (Å²) in [4.78, 5) is 12.8. The number of hydrogen-bond acceptors (Lipinski definition) is 3. The van der Waals surface area contributed by atoms with Crippen LogP contribution in [0, 0.1) is 27.7 Å². The van der Waals surface area contributed by atoms with Crippen molar-refractivity contribution in [2.45, 2.75) is 32.6 Å². The predicted octanol–water partition coefficient (Wildman–Crippen LogP) is 4.97. The molecule has 0 spiro atoms. The minimum Gasteiger partial charge on any atom is -0.322 e. The summed E-state index contributed by atoms with van der Waals surface area (Å²) in [6.45, 7) is 7.60. The highest BCUT2D eigenvalue weighted by molar-refractivity contribution is 7.92. The van der Waals surface area contributed by atoms with Gasteiger partial charge in [-0.05, 0) is 75.2 Å². The molecular formula is C23H24N2O3S. The van der Waals surface area contributed by atoms with E-state index in [1.54, 1.807) is 49.4 Å². The number of amides is 1. The van der Waals surface area contributed by atoms with Crippen LogP contribution in [0.1, 0.15) is 32.6 Å². The lowest BCUT2D eigenvalue weighted by atomic mass is 10.1. The number of sulfonamides is 1. The lowest BCUT2D eigenvalue weighted by Gasteiger charge is -2.13. The van der Waals surface area contributed by atoms with E-state index >= 15 is 0 Å². The fraction of sp³-hybridized carbons (Fsp3) is 0.174. The summed E-state index contributed by atoms with van der Waals surface area (Å²) in [6.07, 6.45) is 0. The third kappa shape index (κ3) is 4.84. The Morgan fingerprint density at radius 2 is 1.31 bits per heavy atom. The Kier molecular flexibility index (Phi) is 5.75.